The first-order valence-electron chi connectivity index (χ1n) is 6.31. The monoisotopic (exact) mass is 243 g/mol. The number of nitrogens with two attached hydrogens (primary N) is 1. The molecule has 0 saturated heterocycles. The molecule has 1 aromatic carbocycles. The third kappa shape index (κ3) is 1.99. The smallest absolute Gasteiger partial charge is 0.240 e. The van der Waals surface area contributed by atoms with E-state index in [9.17, 15) is 4.79 Å². The first-order valence-corrected chi connectivity index (χ1v) is 6.31. The standard InChI is InChI=1S/C14H17N3O/c15-14(6-7-14)13(18)16-8-5-10-9-17-12-4-2-1-3-11(10)12/h1-4,9,17H,5-8,15H2,(H,16,18). The summed E-state index contributed by atoms with van der Waals surface area (Å²) in [5.74, 6) is -0.0117. The molecule has 0 unspecified atom stereocenters. The quantitative estimate of drug-likeness (QED) is 0.758. The highest BCUT2D eigenvalue weighted by Crippen LogP contribution is 2.32. The molecule has 4 N–H and O–H groups in total. The van der Waals surface area contributed by atoms with Gasteiger partial charge in [0.1, 0.15) is 0 Å². The summed E-state index contributed by atoms with van der Waals surface area (Å²) in [6.07, 6.45) is 4.45. The molecular weight excluding hydrogens is 226 g/mol. The van der Waals surface area contributed by atoms with Crippen molar-refractivity contribution in [1.82, 2.24) is 10.3 Å². The topological polar surface area (TPSA) is 70.9 Å². The maximum atomic E-state index is 11.7. The van der Waals surface area contributed by atoms with E-state index < -0.39 is 5.54 Å². The molecule has 1 aliphatic carbocycles. The molecule has 0 bridgehead atoms. The number of aromatic amines is 1. The van der Waals surface area contributed by atoms with Crippen LogP contribution in [0.1, 0.15) is 18.4 Å². The molecule has 1 aliphatic rings. The summed E-state index contributed by atoms with van der Waals surface area (Å²) in [6, 6.07) is 8.18. The number of carbonyl (C=O) groups excluding carboxylic acids is 1. The number of hydrogen-bond donors (Lipinski definition) is 3. The lowest BCUT2D eigenvalue weighted by Gasteiger charge is -2.09. The number of hydrogen-bond acceptors (Lipinski definition) is 2. The second kappa shape index (κ2) is 4.14. The lowest BCUT2D eigenvalue weighted by atomic mass is 10.1. The Hall–Kier alpha value is -1.81. The molecule has 1 aromatic heterocycles. The lowest BCUT2D eigenvalue weighted by Crippen LogP contribution is -2.43. The summed E-state index contributed by atoms with van der Waals surface area (Å²) < 4.78 is 0. The summed E-state index contributed by atoms with van der Waals surface area (Å²) in [5.41, 5.74) is 7.62. The molecule has 1 heterocycles. The minimum absolute atomic E-state index is 0.0117. The van der Waals surface area contributed by atoms with E-state index in [1.165, 1.54) is 10.9 Å². The summed E-state index contributed by atoms with van der Waals surface area (Å²) >= 11 is 0. The van der Waals surface area contributed by atoms with Crippen LogP contribution in [0.5, 0.6) is 0 Å². The van der Waals surface area contributed by atoms with E-state index in [0.717, 1.165) is 24.8 Å². The van der Waals surface area contributed by atoms with Crippen LogP contribution < -0.4 is 11.1 Å². The van der Waals surface area contributed by atoms with E-state index in [2.05, 4.69) is 22.4 Å². The highest BCUT2D eigenvalue weighted by atomic mass is 16.2. The number of para-hydroxylation sites is 1. The molecule has 0 aliphatic heterocycles. The summed E-state index contributed by atoms with van der Waals surface area (Å²) in [7, 11) is 0. The predicted octanol–water partition coefficient (Wildman–Crippen LogP) is 1.32. The Morgan fingerprint density at radius 2 is 2.17 bits per heavy atom. The number of amides is 1. The van der Waals surface area contributed by atoms with E-state index in [1.807, 2.05) is 18.3 Å². The molecule has 1 fully saturated rings. The summed E-state index contributed by atoms with van der Waals surface area (Å²) in [6.45, 7) is 0.639. The van der Waals surface area contributed by atoms with Crippen molar-refractivity contribution in [3.05, 3.63) is 36.0 Å². The third-order valence-electron chi connectivity index (χ3n) is 3.60. The van der Waals surface area contributed by atoms with Gasteiger partial charge in [-0.2, -0.15) is 0 Å². The summed E-state index contributed by atoms with van der Waals surface area (Å²) in [4.78, 5) is 14.9. The van der Waals surface area contributed by atoms with Crippen molar-refractivity contribution in [2.24, 2.45) is 5.73 Å². The number of carbonyl (C=O) groups is 1. The molecule has 0 radical (unpaired) electrons. The maximum Gasteiger partial charge on any atom is 0.240 e. The molecule has 1 saturated carbocycles. The van der Waals surface area contributed by atoms with Crippen molar-refractivity contribution in [3.63, 3.8) is 0 Å². The molecule has 2 aromatic rings. The zero-order chi connectivity index (χ0) is 12.6. The van der Waals surface area contributed by atoms with Crippen LogP contribution in [0.25, 0.3) is 10.9 Å². The van der Waals surface area contributed by atoms with Gasteiger partial charge in [-0.1, -0.05) is 18.2 Å². The fraction of sp³-hybridized carbons (Fsp3) is 0.357. The third-order valence-corrected chi connectivity index (χ3v) is 3.60. The van der Waals surface area contributed by atoms with Crippen molar-refractivity contribution < 1.29 is 4.79 Å². The zero-order valence-corrected chi connectivity index (χ0v) is 10.2. The van der Waals surface area contributed by atoms with Gasteiger partial charge in [0.15, 0.2) is 0 Å². The van der Waals surface area contributed by atoms with E-state index in [4.69, 9.17) is 5.73 Å². The second-order valence-corrected chi connectivity index (χ2v) is 5.02. The Morgan fingerprint density at radius 1 is 1.39 bits per heavy atom. The van der Waals surface area contributed by atoms with E-state index >= 15 is 0 Å². The van der Waals surface area contributed by atoms with Gasteiger partial charge in [0.25, 0.3) is 0 Å². The fourth-order valence-corrected chi connectivity index (χ4v) is 2.19. The molecule has 18 heavy (non-hydrogen) atoms. The van der Waals surface area contributed by atoms with Gasteiger partial charge in [0, 0.05) is 23.6 Å². The Bertz CT molecular complexity index is 583. The molecule has 4 heteroatoms. The van der Waals surface area contributed by atoms with Crippen molar-refractivity contribution in [3.8, 4) is 0 Å². The van der Waals surface area contributed by atoms with Crippen molar-refractivity contribution in [1.29, 1.82) is 0 Å². The first kappa shape index (κ1) is 11.3. The van der Waals surface area contributed by atoms with Crippen LogP contribution in [0, 0.1) is 0 Å². The number of nitrogens with one attached hydrogen (secondary N) is 2. The minimum atomic E-state index is -0.569. The molecule has 0 spiro atoms. The molecule has 94 valence electrons. The van der Waals surface area contributed by atoms with Crippen LogP contribution in [0.4, 0.5) is 0 Å². The van der Waals surface area contributed by atoms with Crippen LogP contribution in [-0.4, -0.2) is 23.0 Å². The highest BCUT2D eigenvalue weighted by molar-refractivity contribution is 5.89. The van der Waals surface area contributed by atoms with Crippen LogP contribution in [-0.2, 0) is 11.2 Å². The van der Waals surface area contributed by atoms with Gasteiger partial charge in [0.2, 0.25) is 5.91 Å². The Morgan fingerprint density at radius 3 is 2.94 bits per heavy atom. The number of aromatic nitrogens is 1. The van der Waals surface area contributed by atoms with Gasteiger partial charge in [-0.05, 0) is 30.9 Å². The highest BCUT2D eigenvalue weighted by Gasteiger charge is 2.45. The number of fused-ring (bicyclic) bond motifs is 1. The van der Waals surface area contributed by atoms with E-state index in [1.54, 1.807) is 0 Å². The Kier molecular flexibility index (Phi) is 2.59. The van der Waals surface area contributed by atoms with Gasteiger partial charge >= 0.3 is 0 Å². The zero-order valence-electron chi connectivity index (χ0n) is 10.2. The Labute approximate surface area is 106 Å². The molecule has 1 amide bonds. The second-order valence-electron chi connectivity index (χ2n) is 5.02. The first-order chi connectivity index (χ1) is 8.69. The number of benzene rings is 1. The SMILES string of the molecule is NC1(C(=O)NCCc2c[nH]c3ccccc23)CC1. The van der Waals surface area contributed by atoms with Crippen LogP contribution in [0.3, 0.4) is 0 Å². The van der Waals surface area contributed by atoms with Gasteiger partial charge in [-0.15, -0.1) is 0 Å². The van der Waals surface area contributed by atoms with Crippen LogP contribution >= 0.6 is 0 Å². The predicted molar refractivity (Wildman–Crippen MR) is 71.2 cm³/mol. The number of H-pyrrole nitrogens is 1. The largest absolute Gasteiger partial charge is 0.361 e. The molecule has 4 nitrogen and oxygen atoms in total. The molecular formula is C14H17N3O. The van der Waals surface area contributed by atoms with Crippen molar-refractivity contribution in [2.75, 3.05) is 6.54 Å². The normalized spacial score (nSPS) is 16.7. The van der Waals surface area contributed by atoms with Gasteiger partial charge < -0.3 is 16.0 Å². The van der Waals surface area contributed by atoms with Crippen molar-refractivity contribution >= 4 is 16.8 Å². The van der Waals surface area contributed by atoms with E-state index in [-0.39, 0.29) is 5.91 Å². The van der Waals surface area contributed by atoms with E-state index in [0.29, 0.717) is 6.54 Å². The molecule has 0 atom stereocenters. The average Bonchev–Trinajstić information content (AvgIpc) is 3.01. The Balaban J connectivity index is 1.61. The fourth-order valence-electron chi connectivity index (χ4n) is 2.19. The van der Waals surface area contributed by atoms with Crippen molar-refractivity contribution in [2.45, 2.75) is 24.8 Å². The van der Waals surface area contributed by atoms with Gasteiger partial charge in [-0.3, -0.25) is 4.79 Å². The lowest BCUT2D eigenvalue weighted by molar-refractivity contribution is -0.123. The van der Waals surface area contributed by atoms with Gasteiger partial charge in [0.05, 0.1) is 5.54 Å². The van der Waals surface area contributed by atoms with Crippen LogP contribution in [0.15, 0.2) is 30.5 Å². The van der Waals surface area contributed by atoms with Gasteiger partial charge in [-0.25, -0.2) is 0 Å². The molecule has 3 rings (SSSR count). The summed E-state index contributed by atoms with van der Waals surface area (Å²) in [5, 5.41) is 4.13. The maximum absolute atomic E-state index is 11.7. The average molecular weight is 243 g/mol. The number of rotatable bonds is 4. The van der Waals surface area contributed by atoms with Crippen LogP contribution in [0.2, 0.25) is 0 Å². The minimum Gasteiger partial charge on any atom is -0.361 e.